The molecule has 0 spiro atoms. The van der Waals surface area contributed by atoms with Gasteiger partial charge in [-0.3, -0.25) is 4.99 Å². The first kappa shape index (κ1) is 26.0. The lowest BCUT2D eigenvalue weighted by atomic mass is 10.0. The highest BCUT2D eigenvalue weighted by molar-refractivity contribution is 14.0. The first-order valence-corrected chi connectivity index (χ1v) is 10.8. The van der Waals surface area contributed by atoms with E-state index in [1.807, 2.05) is 6.07 Å². The summed E-state index contributed by atoms with van der Waals surface area (Å²) in [5.74, 6) is 4.07. The largest absolute Gasteiger partial charge is 0.497 e. The Balaban J connectivity index is 0.00000363. The van der Waals surface area contributed by atoms with Crippen molar-refractivity contribution in [1.82, 2.24) is 20.8 Å². The van der Waals surface area contributed by atoms with Gasteiger partial charge < -0.3 is 29.5 Å². The van der Waals surface area contributed by atoms with E-state index in [0.717, 1.165) is 54.9 Å². The Bertz CT molecular complexity index is 843. The van der Waals surface area contributed by atoms with E-state index in [1.54, 1.807) is 21.3 Å². The molecule has 1 aliphatic rings. The summed E-state index contributed by atoms with van der Waals surface area (Å²) in [5, 5.41) is 10.9. The third-order valence-corrected chi connectivity index (χ3v) is 5.39. The van der Waals surface area contributed by atoms with Crippen LogP contribution in [0.25, 0.3) is 0 Å². The molecule has 178 valence electrons. The number of aliphatic imine (C=N–C) groups is 1. The zero-order valence-electron chi connectivity index (χ0n) is 19.6. The van der Waals surface area contributed by atoms with Crippen LogP contribution >= 0.6 is 24.0 Å². The van der Waals surface area contributed by atoms with Crippen LogP contribution in [0.15, 0.2) is 27.7 Å². The molecular weight excluding hydrogens is 523 g/mol. The Labute approximate surface area is 207 Å². The first-order chi connectivity index (χ1) is 15.0. The van der Waals surface area contributed by atoms with Crippen molar-refractivity contribution in [3.63, 3.8) is 0 Å². The number of halogens is 1. The van der Waals surface area contributed by atoms with Crippen LogP contribution in [0.1, 0.15) is 44.3 Å². The van der Waals surface area contributed by atoms with E-state index >= 15 is 0 Å². The van der Waals surface area contributed by atoms with Crippen molar-refractivity contribution in [1.29, 1.82) is 0 Å². The van der Waals surface area contributed by atoms with Crippen molar-refractivity contribution in [2.24, 2.45) is 4.99 Å². The van der Waals surface area contributed by atoms with Crippen molar-refractivity contribution in [3.8, 4) is 11.5 Å². The predicted molar refractivity (Wildman–Crippen MR) is 137 cm³/mol. The second kappa shape index (κ2) is 12.7. The maximum atomic E-state index is 5.40. The number of ether oxygens (including phenoxy) is 2. The highest BCUT2D eigenvalue weighted by atomic mass is 127. The molecule has 2 N–H and O–H groups in total. The summed E-state index contributed by atoms with van der Waals surface area (Å²) in [5.41, 5.74) is 1.12. The Morgan fingerprint density at radius 2 is 1.84 bits per heavy atom. The minimum atomic E-state index is 0. The van der Waals surface area contributed by atoms with Gasteiger partial charge in [-0.15, -0.1) is 24.0 Å². The third kappa shape index (κ3) is 7.14. The summed E-state index contributed by atoms with van der Waals surface area (Å²) >= 11 is 0. The highest BCUT2D eigenvalue weighted by Crippen LogP contribution is 2.30. The van der Waals surface area contributed by atoms with E-state index in [1.165, 1.54) is 0 Å². The van der Waals surface area contributed by atoms with Gasteiger partial charge in [0, 0.05) is 68.9 Å². The van der Waals surface area contributed by atoms with Crippen LogP contribution in [0.2, 0.25) is 0 Å². The van der Waals surface area contributed by atoms with Crippen molar-refractivity contribution >= 4 is 35.6 Å². The Hall–Kier alpha value is -2.24. The third-order valence-electron chi connectivity index (χ3n) is 5.39. The van der Waals surface area contributed by atoms with E-state index in [2.05, 4.69) is 56.6 Å². The van der Waals surface area contributed by atoms with E-state index < -0.39 is 0 Å². The molecule has 0 atom stereocenters. The minimum Gasteiger partial charge on any atom is -0.497 e. The predicted octanol–water partition coefficient (Wildman–Crippen LogP) is 3.20. The molecule has 1 saturated heterocycles. The number of guanidine groups is 1. The van der Waals surface area contributed by atoms with Crippen molar-refractivity contribution < 1.29 is 14.0 Å². The van der Waals surface area contributed by atoms with Crippen LogP contribution in [-0.4, -0.2) is 63.0 Å². The van der Waals surface area contributed by atoms with Crippen LogP contribution in [0.4, 0.5) is 5.69 Å². The van der Waals surface area contributed by atoms with Crippen molar-refractivity contribution in [2.75, 3.05) is 45.8 Å². The fourth-order valence-electron chi connectivity index (χ4n) is 3.54. The molecule has 2 heterocycles. The molecule has 2 aromatic rings. The fraction of sp³-hybridized carbons (Fsp3) is 0.591. The Morgan fingerprint density at radius 1 is 1.19 bits per heavy atom. The average Bonchev–Trinajstić information content (AvgIpc) is 3.27. The van der Waals surface area contributed by atoms with Gasteiger partial charge in [0.2, 0.25) is 5.89 Å². The molecule has 3 rings (SSSR count). The molecule has 1 aromatic carbocycles. The number of nitrogens with zero attached hydrogens (tertiary/aromatic N) is 4. The average molecular weight is 558 g/mol. The molecular formula is C22H35IN6O3. The van der Waals surface area contributed by atoms with Crippen molar-refractivity contribution in [3.05, 3.63) is 29.9 Å². The van der Waals surface area contributed by atoms with E-state index in [0.29, 0.717) is 24.9 Å². The summed E-state index contributed by atoms with van der Waals surface area (Å²) in [6, 6.07) is 6.37. The van der Waals surface area contributed by atoms with Gasteiger partial charge in [0.25, 0.3) is 0 Å². The number of nitrogens with one attached hydrogen (secondary N) is 2. The van der Waals surface area contributed by atoms with Crippen LogP contribution in [0.3, 0.4) is 0 Å². The molecule has 1 fully saturated rings. The van der Waals surface area contributed by atoms with Crippen LogP contribution in [-0.2, 0) is 6.42 Å². The van der Waals surface area contributed by atoms with Crippen molar-refractivity contribution in [2.45, 2.75) is 45.1 Å². The standard InChI is InChI=1S/C22H34N6O3.HI/c1-15(2)21-26-20(31-27-21)6-9-24-22(23-3)25-16-7-10-28(11-8-16)17-12-18(29-4)14-19(13-17)30-5;/h12-16H,6-11H2,1-5H3,(H2,23,24,25);1H. The Kier molecular flexibility index (Phi) is 10.3. The molecule has 32 heavy (non-hydrogen) atoms. The van der Waals surface area contributed by atoms with Gasteiger partial charge in [0.1, 0.15) is 11.5 Å². The number of benzene rings is 1. The fourth-order valence-corrected chi connectivity index (χ4v) is 3.54. The SMILES string of the molecule is CN=C(NCCc1nc(C(C)C)no1)NC1CCN(c2cc(OC)cc(OC)c2)CC1.I. The second-order valence-electron chi connectivity index (χ2n) is 7.93. The number of methoxy groups -OCH3 is 2. The summed E-state index contributed by atoms with van der Waals surface area (Å²) in [6.45, 7) is 6.68. The first-order valence-electron chi connectivity index (χ1n) is 10.8. The summed E-state index contributed by atoms with van der Waals surface area (Å²) in [4.78, 5) is 11.1. The minimum absolute atomic E-state index is 0. The second-order valence-corrected chi connectivity index (χ2v) is 7.93. The summed E-state index contributed by atoms with van der Waals surface area (Å²) in [6.07, 6.45) is 2.69. The maximum absolute atomic E-state index is 5.40. The smallest absolute Gasteiger partial charge is 0.228 e. The van der Waals surface area contributed by atoms with Gasteiger partial charge >= 0.3 is 0 Å². The number of piperidine rings is 1. The molecule has 0 aliphatic carbocycles. The van der Waals surface area contributed by atoms with Gasteiger partial charge in [-0.1, -0.05) is 19.0 Å². The van der Waals surface area contributed by atoms with Gasteiger partial charge in [-0.2, -0.15) is 4.98 Å². The van der Waals surface area contributed by atoms with Crippen LogP contribution < -0.4 is 25.0 Å². The van der Waals surface area contributed by atoms with Gasteiger partial charge in [0.05, 0.1) is 14.2 Å². The van der Waals surface area contributed by atoms with E-state index in [-0.39, 0.29) is 29.9 Å². The van der Waals surface area contributed by atoms with Crippen LogP contribution in [0.5, 0.6) is 11.5 Å². The quantitative estimate of drug-likeness (QED) is 0.290. The molecule has 9 nitrogen and oxygen atoms in total. The molecule has 0 unspecified atom stereocenters. The van der Waals surface area contributed by atoms with Gasteiger partial charge in [0.15, 0.2) is 11.8 Å². The normalized spacial score (nSPS) is 14.8. The highest BCUT2D eigenvalue weighted by Gasteiger charge is 2.21. The molecule has 0 amide bonds. The number of hydrogen-bond acceptors (Lipinski definition) is 7. The maximum Gasteiger partial charge on any atom is 0.228 e. The number of rotatable bonds is 8. The summed E-state index contributed by atoms with van der Waals surface area (Å²) < 4.78 is 16.1. The lowest BCUT2D eigenvalue weighted by Crippen LogP contribution is -2.49. The molecule has 10 heteroatoms. The molecule has 1 aliphatic heterocycles. The molecule has 0 radical (unpaired) electrons. The summed E-state index contributed by atoms with van der Waals surface area (Å²) in [7, 11) is 5.14. The van der Waals surface area contributed by atoms with E-state index in [9.17, 15) is 0 Å². The number of aromatic nitrogens is 2. The molecule has 1 aromatic heterocycles. The molecule has 0 bridgehead atoms. The lowest BCUT2D eigenvalue weighted by Gasteiger charge is -2.34. The zero-order chi connectivity index (χ0) is 22.2. The zero-order valence-corrected chi connectivity index (χ0v) is 21.9. The molecule has 0 saturated carbocycles. The number of anilines is 1. The van der Waals surface area contributed by atoms with E-state index in [4.69, 9.17) is 14.0 Å². The topological polar surface area (TPSA) is 97.0 Å². The number of hydrogen-bond donors (Lipinski definition) is 2. The lowest BCUT2D eigenvalue weighted by molar-refractivity contribution is 0.371. The van der Waals surface area contributed by atoms with Crippen LogP contribution in [0, 0.1) is 0 Å². The monoisotopic (exact) mass is 558 g/mol. The van der Waals surface area contributed by atoms with Gasteiger partial charge in [-0.05, 0) is 12.8 Å². The van der Waals surface area contributed by atoms with Gasteiger partial charge in [-0.25, -0.2) is 0 Å². The Morgan fingerprint density at radius 3 is 2.38 bits per heavy atom.